The predicted octanol–water partition coefficient (Wildman–Crippen LogP) is 6.58. The quantitative estimate of drug-likeness (QED) is 0.538. The van der Waals surface area contributed by atoms with E-state index < -0.39 is 0 Å². The van der Waals surface area contributed by atoms with Crippen molar-refractivity contribution in [3.63, 3.8) is 0 Å². The Kier molecular flexibility index (Phi) is 3.72. The van der Waals surface area contributed by atoms with Crippen molar-refractivity contribution in [2.45, 2.75) is 18.4 Å². The second-order valence-corrected chi connectivity index (χ2v) is 7.55. The van der Waals surface area contributed by atoms with Crippen LogP contribution in [0.15, 0.2) is 53.0 Å². The highest BCUT2D eigenvalue weighted by molar-refractivity contribution is 9.10. The molecule has 22 heavy (non-hydrogen) atoms. The number of nitrogens with one attached hydrogen (secondary N) is 1. The summed E-state index contributed by atoms with van der Waals surface area (Å²) < 4.78 is 1.09. The van der Waals surface area contributed by atoms with Crippen LogP contribution in [0, 0.1) is 5.92 Å². The monoisotopic (exact) mass is 393 g/mol. The number of allylic oxidation sites excluding steroid dienone is 2. The number of hydrogen-bond acceptors (Lipinski definition) is 1. The second kappa shape index (κ2) is 5.59. The maximum atomic E-state index is 6.45. The van der Waals surface area contributed by atoms with Crippen LogP contribution in [-0.2, 0) is 0 Å². The molecule has 0 aromatic heterocycles. The van der Waals surface area contributed by atoms with Gasteiger partial charge in [0.25, 0.3) is 0 Å². The van der Waals surface area contributed by atoms with Gasteiger partial charge in [-0.1, -0.05) is 69.5 Å². The second-order valence-electron chi connectivity index (χ2n) is 5.85. The number of halogens is 3. The third kappa shape index (κ3) is 2.29. The van der Waals surface area contributed by atoms with Crippen LogP contribution in [0.2, 0.25) is 10.0 Å². The molecule has 3 atom stereocenters. The van der Waals surface area contributed by atoms with Crippen molar-refractivity contribution in [1.29, 1.82) is 0 Å². The van der Waals surface area contributed by atoms with E-state index in [0.29, 0.717) is 21.9 Å². The smallest absolute Gasteiger partial charge is 0.0826 e. The molecule has 0 saturated heterocycles. The van der Waals surface area contributed by atoms with Gasteiger partial charge in [-0.15, -0.1) is 0 Å². The maximum Gasteiger partial charge on any atom is 0.0826 e. The van der Waals surface area contributed by atoms with Gasteiger partial charge in [-0.2, -0.15) is 0 Å². The van der Waals surface area contributed by atoms with Crippen molar-refractivity contribution >= 4 is 44.8 Å². The van der Waals surface area contributed by atoms with Crippen molar-refractivity contribution in [3.8, 4) is 0 Å². The first-order valence-electron chi connectivity index (χ1n) is 7.31. The lowest BCUT2D eigenvalue weighted by molar-refractivity contribution is 0.425. The lowest BCUT2D eigenvalue weighted by atomic mass is 9.77. The van der Waals surface area contributed by atoms with Crippen LogP contribution in [0.25, 0.3) is 0 Å². The van der Waals surface area contributed by atoms with Crippen LogP contribution in [0.1, 0.15) is 29.5 Å². The summed E-state index contributed by atoms with van der Waals surface area (Å²) in [6.45, 7) is 0. The van der Waals surface area contributed by atoms with E-state index in [1.165, 1.54) is 11.1 Å². The molecule has 0 radical (unpaired) electrons. The van der Waals surface area contributed by atoms with Crippen molar-refractivity contribution in [3.05, 3.63) is 74.2 Å². The highest BCUT2D eigenvalue weighted by atomic mass is 79.9. The Bertz CT molecular complexity index is 754. The first-order chi connectivity index (χ1) is 10.6. The zero-order chi connectivity index (χ0) is 15.3. The fourth-order valence-corrected chi connectivity index (χ4v) is 4.25. The summed E-state index contributed by atoms with van der Waals surface area (Å²) >= 11 is 16.2. The van der Waals surface area contributed by atoms with E-state index in [-0.39, 0.29) is 6.04 Å². The fourth-order valence-electron chi connectivity index (χ4n) is 3.60. The largest absolute Gasteiger partial charge is 0.376 e. The molecule has 1 aliphatic heterocycles. The Balaban J connectivity index is 1.82. The highest BCUT2D eigenvalue weighted by Crippen LogP contribution is 2.52. The van der Waals surface area contributed by atoms with Gasteiger partial charge < -0.3 is 5.32 Å². The van der Waals surface area contributed by atoms with Crippen LogP contribution in [0.3, 0.4) is 0 Å². The molecule has 1 heterocycles. The van der Waals surface area contributed by atoms with Gasteiger partial charge in [0, 0.05) is 10.4 Å². The standard InChI is InChI=1S/C18H14BrCl2N/c19-11-6-4-10(5-7-11)17-13-3-1-2-12(13)14-8-9-15(20)16(21)18(14)22-17/h1-2,4-9,12-13,17,22H,3H2/t12-,13+,17+/m0/s1. The molecule has 1 nitrogen and oxygen atoms in total. The number of hydrogen-bond donors (Lipinski definition) is 1. The third-order valence-corrected chi connectivity index (χ3v) is 5.99. The molecular weight excluding hydrogens is 381 g/mol. The first-order valence-corrected chi connectivity index (χ1v) is 8.86. The molecule has 4 rings (SSSR count). The summed E-state index contributed by atoms with van der Waals surface area (Å²) in [5, 5.41) is 4.87. The average Bonchev–Trinajstić information content (AvgIpc) is 3.01. The summed E-state index contributed by atoms with van der Waals surface area (Å²) in [7, 11) is 0. The van der Waals surface area contributed by atoms with E-state index in [2.05, 4.69) is 63.7 Å². The van der Waals surface area contributed by atoms with Crippen molar-refractivity contribution in [1.82, 2.24) is 0 Å². The summed E-state index contributed by atoms with van der Waals surface area (Å²) in [5.41, 5.74) is 3.51. The molecule has 2 aromatic carbocycles. The minimum Gasteiger partial charge on any atom is -0.376 e. The number of anilines is 1. The number of rotatable bonds is 1. The average molecular weight is 395 g/mol. The molecule has 0 bridgehead atoms. The molecule has 2 aromatic rings. The highest BCUT2D eigenvalue weighted by Gasteiger charge is 2.38. The van der Waals surface area contributed by atoms with Gasteiger partial charge in [0.05, 0.1) is 21.8 Å². The van der Waals surface area contributed by atoms with Crippen LogP contribution in [0.5, 0.6) is 0 Å². The lowest BCUT2D eigenvalue weighted by Gasteiger charge is -2.38. The Morgan fingerprint density at radius 1 is 1.05 bits per heavy atom. The molecule has 112 valence electrons. The fraction of sp³-hybridized carbons (Fsp3) is 0.222. The predicted molar refractivity (Wildman–Crippen MR) is 97.0 cm³/mol. The summed E-state index contributed by atoms with van der Waals surface area (Å²) in [5.74, 6) is 0.922. The molecule has 4 heteroatoms. The van der Waals surface area contributed by atoms with Gasteiger partial charge in [-0.3, -0.25) is 0 Å². The normalized spacial score (nSPS) is 25.5. The Morgan fingerprint density at radius 3 is 2.59 bits per heavy atom. The Labute approximate surface area is 148 Å². The van der Waals surface area contributed by atoms with E-state index in [0.717, 1.165) is 16.6 Å². The summed E-state index contributed by atoms with van der Waals surface area (Å²) in [6, 6.07) is 12.8. The third-order valence-electron chi connectivity index (χ3n) is 4.66. The molecular formula is C18H14BrCl2N. The summed E-state index contributed by atoms with van der Waals surface area (Å²) in [4.78, 5) is 0. The Morgan fingerprint density at radius 2 is 1.82 bits per heavy atom. The van der Waals surface area contributed by atoms with Gasteiger partial charge in [-0.05, 0) is 41.7 Å². The maximum absolute atomic E-state index is 6.45. The first kappa shape index (κ1) is 14.6. The van der Waals surface area contributed by atoms with E-state index in [1.54, 1.807) is 0 Å². The van der Waals surface area contributed by atoms with Crippen LogP contribution in [0.4, 0.5) is 5.69 Å². The van der Waals surface area contributed by atoms with Crippen molar-refractivity contribution in [2.75, 3.05) is 5.32 Å². The molecule has 0 saturated carbocycles. The zero-order valence-corrected chi connectivity index (χ0v) is 14.8. The minimum absolute atomic E-state index is 0.247. The lowest BCUT2D eigenvalue weighted by Crippen LogP contribution is -2.29. The van der Waals surface area contributed by atoms with Gasteiger partial charge in [0.2, 0.25) is 0 Å². The van der Waals surface area contributed by atoms with Gasteiger partial charge in [0.15, 0.2) is 0 Å². The van der Waals surface area contributed by atoms with Crippen LogP contribution >= 0.6 is 39.1 Å². The van der Waals surface area contributed by atoms with Crippen molar-refractivity contribution in [2.24, 2.45) is 5.92 Å². The van der Waals surface area contributed by atoms with Crippen LogP contribution < -0.4 is 5.32 Å². The molecule has 2 aliphatic rings. The van der Waals surface area contributed by atoms with E-state index >= 15 is 0 Å². The van der Waals surface area contributed by atoms with Gasteiger partial charge in [0.1, 0.15) is 0 Å². The Hall–Kier alpha value is -0.960. The molecule has 1 N–H and O–H groups in total. The molecule has 0 fully saturated rings. The number of benzene rings is 2. The minimum atomic E-state index is 0.247. The molecule has 0 unspecified atom stereocenters. The number of fused-ring (bicyclic) bond motifs is 3. The van der Waals surface area contributed by atoms with E-state index in [9.17, 15) is 0 Å². The molecule has 0 spiro atoms. The van der Waals surface area contributed by atoms with E-state index in [4.69, 9.17) is 23.2 Å². The van der Waals surface area contributed by atoms with E-state index in [1.807, 2.05) is 6.07 Å². The molecule has 1 aliphatic carbocycles. The van der Waals surface area contributed by atoms with Crippen LogP contribution in [-0.4, -0.2) is 0 Å². The van der Waals surface area contributed by atoms with Gasteiger partial charge >= 0.3 is 0 Å². The van der Waals surface area contributed by atoms with Gasteiger partial charge in [-0.25, -0.2) is 0 Å². The molecule has 0 amide bonds. The van der Waals surface area contributed by atoms with Crippen molar-refractivity contribution < 1.29 is 0 Å². The zero-order valence-electron chi connectivity index (χ0n) is 11.7. The topological polar surface area (TPSA) is 12.0 Å². The SMILES string of the molecule is Clc1ccc2c(c1Cl)N[C@H](c1ccc(Br)cc1)[C@@H]1CC=C[C@H]21. The summed E-state index contributed by atoms with van der Waals surface area (Å²) in [6.07, 6.45) is 5.67.